The zero-order valence-corrected chi connectivity index (χ0v) is 14.9. The first-order valence-electron chi connectivity index (χ1n) is 8.25. The summed E-state index contributed by atoms with van der Waals surface area (Å²) in [6.07, 6.45) is 0. The zero-order valence-electron chi connectivity index (χ0n) is 14.1. The number of rotatable bonds is 5. The fourth-order valence-electron chi connectivity index (χ4n) is 2.80. The van der Waals surface area contributed by atoms with Gasteiger partial charge >= 0.3 is 5.97 Å². The number of halogens is 2. The normalized spacial score (nSPS) is 11.0. The Morgan fingerprint density at radius 2 is 1.67 bits per heavy atom. The van der Waals surface area contributed by atoms with Crippen LogP contribution in [0.15, 0.2) is 60.7 Å². The van der Waals surface area contributed by atoms with E-state index in [4.69, 9.17) is 9.47 Å². The van der Waals surface area contributed by atoms with E-state index in [-0.39, 0.29) is 18.2 Å². The molecule has 0 atom stereocenters. The molecule has 27 heavy (non-hydrogen) atoms. The molecule has 136 valence electrons. The number of hydrogen-bond acceptors (Lipinski definition) is 4. The monoisotopic (exact) mass is 384 g/mol. The summed E-state index contributed by atoms with van der Waals surface area (Å²) in [4.78, 5) is 11.8. The molecule has 0 aliphatic rings. The number of carbonyl (C=O) groups is 1. The van der Waals surface area contributed by atoms with Gasteiger partial charge in [-0.2, -0.15) is 0 Å². The van der Waals surface area contributed by atoms with Crippen LogP contribution >= 0.6 is 11.3 Å². The molecule has 0 N–H and O–H groups in total. The Kier molecular flexibility index (Phi) is 4.73. The second-order valence-corrected chi connectivity index (χ2v) is 6.93. The molecule has 0 bridgehead atoms. The summed E-state index contributed by atoms with van der Waals surface area (Å²) in [7, 11) is 0. The van der Waals surface area contributed by atoms with Crippen LogP contribution in [0.3, 0.4) is 0 Å². The van der Waals surface area contributed by atoms with Crippen LogP contribution in [0, 0.1) is 11.6 Å². The molecule has 0 radical (unpaired) electrons. The predicted molar refractivity (Wildman–Crippen MR) is 101 cm³/mol. The molecular weight excluding hydrogens is 370 g/mol. The highest BCUT2D eigenvalue weighted by atomic mass is 32.1. The largest absolute Gasteiger partial charge is 0.479 e. The highest BCUT2D eigenvalue weighted by Gasteiger charge is 2.16. The van der Waals surface area contributed by atoms with Crippen molar-refractivity contribution in [1.29, 1.82) is 0 Å². The van der Waals surface area contributed by atoms with Crippen LogP contribution in [-0.4, -0.2) is 12.6 Å². The lowest BCUT2D eigenvalue weighted by molar-refractivity contribution is -0.147. The SMILES string of the molecule is O=C(COc1ccc2c(sc3c(F)cccc32)c1F)OCc1ccccc1. The van der Waals surface area contributed by atoms with Crippen molar-refractivity contribution in [2.45, 2.75) is 6.61 Å². The lowest BCUT2D eigenvalue weighted by Gasteiger charge is -2.08. The van der Waals surface area contributed by atoms with Gasteiger partial charge in [-0.25, -0.2) is 13.6 Å². The van der Waals surface area contributed by atoms with E-state index in [2.05, 4.69) is 0 Å². The van der Waals surface area contributed by atoms with Crippen LogP contribution in [0.4, 0.5) is 8.78 Å². The maximum atomic E-state index is 14.8. The van der Waals surface area contributed by atoms with E-state index in [1.807, 2.05) is 30.3 Å². The predicted octanol–water partition coefficient (Wildman–Crippen LogP) is 5.45. The van der Waals surface area contributed by atoms with Crippen molar-refractivity contribution >= 4 is 37.5 Å². The minimum absolute atomic E-state index is 0.0638. The Hall–Kier alpha value is -2.99. The maximum absolute atomic E-state index is 14.8. The Morgan fingerprint density at radius 1 is 0.889 bits per heavy atom. The average molecular weight is 384 g/mol. The van der Waals surface area contributed by atoms with Crippen LogP contribution in [0.2, 0.25) is 0 Å². The number of carbonyl (C=O) groups excluding carboxylic acids is 1. The van der Waals surface area contributed by atoms with Gasteiger partial charge in [0, 0.05) is 10.8 Å². The van der Waals surface area contributed by atoms with Crippen molar-refractivity contribution in [3.8, 4) is 5.75 Å². The smallest absolute Gasteiger partial charge is 0.344 e. The van der Waals surface area contributed by atoms with E-state index in [0.717, 1.165) is 16.9 Å². The summed E-state index contributed by atoms with van der Waals surface area (Å²) in [5.41, 5.74) is 0.853. The van der Waals surface area contributed by atoms with Crippen LogP contribution in [0.25, 0.3) is 20.2 Å². The molecule has 0 aliphatic heterocycles. The van der Waals surface area contributed by atoms with Gasteiger partial charge in [0.25, 0.3) is 0 Å². The third kappa shape index (κ3) is 3.48. The summed E-state index contributed by atoms with van der Waals surface area (Å²) in [6.45, 7) is -0.283. The van der Waals surface area contributed by atoms with E-state index >= 15 is 0 Å². The van der Waals surface area contributed by atoms with Gasteiger partial charge in [-0.3, -0.25) is 0 Å². The van der Waals surface area contributed by atoms with E-state index in [1.54, 1.807) is 18.2 Å². The van der Waals surface area contributed by atoms with Crippen LogP contribution in [0.1, 0.15) is 5.56 Å². The number of benzene rings is 3. The van der Waals surface area contributed by atoms with Crippen LogP contribution in [0.5, 0.6) is 5.75 Å². The first-order valence-corrected chi connectivity index (χ1v) is 9.06. The third-order valence-corrected chi connectivity index (χ3v) is 5.33. The molecular formula is C21H14F2O3S. The van der Waals surface area contributed by atoms with Gasteiger partial charge in [0.1, 0.15) is 12.4 Å². The molecule has 0 spiro atoms. The van der Waals surface area contributed by atoms with Crippen molar-refractivity contribution in [2.24, 2.45) is 0 Å². The van der Waals surface area contributed by atoms with E-state index in [9.17, 15) is 13.6 Å². The zero-order chi connectivity index (χ0) is 18.8. The van der Waals surface area contributed by atoms with Gasteiger partial charge in [-0.05, 0) is 23.8 Å². The molecule has 1 aromatic heterocycles. The number of ether oxygens (including phenoxy) is 2. The van der Waals surface area contributed by atoms with E-state index in [0.29, 0.717) is 20.2 Å². The van der Waals surface area contributed by atoms with Gasteiger partial charge in [0.15, 0.2) is 18.2 Å². The lowest BCUT2D eigenvalue weighted by Crippen LogP contribution is -2.15. The highest BCUT2D eigenvalue weighted by molar-refractivity contribution is 7.25. The molecule has 0 saturated carbocycles. The molecule has 4 rings (SSSR count). The topological polar surface area (TPSA) is 35.5 Å². The lowest BCUT2D eigenvalue weighted by atomic mass is 10.1. The second kappa shape index (κ2) is 7.32. The van der Waals surface area contributed by atoms with Gasteiger partial charge in [0.05, 0.1) is 9.40 Å². The minimum Gasteiger partial charge on any atom is -0.479 e. The standard InChI is InChI=1S/C21H14F2O3S/c22-16-8-4-7-14-15-9-10-17(19(23)21(15)27-20(14)16)25-12-18(24)26-11-13-5-2-1-3-6-13/h1-10H,11-12H2. The molecule has 1 heterocycles. The first kappa shape index (κ1) is 17.4. The quantitative estimate of drug-likeness (QED) is 0.429. The molecule has 3 aromatic carbocycles. The number of thiophene rings is 1. The van der Waals surface area contributed by atoms with Gasteiger partial charge < -0.3 is 9.47 Å². The average Bonchev–Trinajstić information content (AvgIpc) is 3.08. The molecule has 0 fully saturated rings. The summed E-state index contributed by atoms with van der Waals surface area (Å²) in [5, 5.41) is 1.27. The van der Waals surface area contributed by atoms with Crippen LogP contribution in [-0.2, 0) is 16.1 Å². The summed E-state index contributed by atoms with van der Waals surface area (Å²) < 4.78 is 39.8. The summed E-state index contributed by atoms with van der Waals surface area (Å²) >= 11 is 1.02. The molecule has 0 aliphatic carbocycles. The molecule has 0 saturated heterocycles. The van der Waals surface area contributed by atoms with Crippen molar-refractivity contribution in [3.63, 3.8) is 0 Å². The number of hydrogen-bond donors (Lipinski definition) is 0. The first-order chi connectivity index (χ1) is 13.1. The fourth-order valence-corrected chi connectivity index (χ4v) is 3.94. The van der Waals surface area contributed by atoms with Gasteiger partial charge in [-0.1, -0.05) is 42.5 Å². The Morgan fingerprint density at radius 3 is 2.48 bits per heavy atom. The summed E-state index contributed by atoms with van der Waals surface area (Å²) in [6, 6.07) is 17.0. The van der Waals surface area contributed by atoms with Crippen LogP contribution < -0.4 is 4.74 Å². The highest BCUT2D eigenvalue weighted by Crippen LogP contribution is 2.39. The number of esters is 1. The molecule has 0 amide bonds. The summed E-state index contributed by atoms with van der Waals surface area (Å²) in [5.74, 6) is -1.66. The van der Waals surface area contributed by atoms with Crippen molar-refractivity contribution in [1.82, 2.24) is 0 Å². The fraction of sp³-hybridized carbons (Fsp3) is 0.0952. The van der Waals surface area contributed by atoms with Gasteiger partial charge in [0.2, 0.25) is 0 Å². The van der Waals surface area contributed by atoms with E-state index < -0.39 is 18.4 Å². The Bertz CT molecular complexity index is 1120. The van der Waals surface area contributed by atoms with Crippen molar-refractivity contribution < 1.29 is 23.0 Å². The van der Waals surface area contributed by atoms with E-state index in [1.165, 1.54) is 12.1 Å². The van der Waals surface area contributed by atoms with Crippen molar-refractivity contribution in [2.75, 3.05) is 6.61 Å². The minimum atomic E-state index is -0.607. The Balaban J connectivity index is 1.49. The third-order valence-electron chi connectivity index (χ3n) is 4.11. The van der Waals surface area contributed by atoms with Gasteiger partial charge in [-0.15, -0.1) is 11.3 Å². The van der Waals surface area contributed by atoms with Crippen molar-refractivity contribution in [3.05, 3.63) is 77.9 Å². The molecule has 0 unspecified atom stereocenters. The second-order valence-electron chi connectivity index (χ2n) is 5.91. The molecule has 4 aromatic rings. The number of fused-ring (bicyclic) bond motifs is 3. The molecule has 6 heteroatoms. The Labute approximate surface area is 157 Å². The maximum Gasteiger partial charge on any atom is 0.344 e. The molecule has 3 nitrogen and oxygen atoms in total.